The number of aliphatic carboxylic acids is 2. The van der Waals surface area contributed by atoms with Crippen LogP contribution in [-0.2, 0) is 78.3 Å². The molecule has 0 bridgehead atoms. The number of carbonyl (C=O) groups is 15. The standard InChI is InChI=1S/C63H103N15O18/c1-12-34(8)50(60(92)77-51(37(11)79)61(93)75-49(33(6)7)59(91)73-41(26-32(4)5)54(86)72-42(27-38-19-14-13-15-20-38)56(88)69-39(63(95)96)21-16-17-23-64)76-57(89)43(29-48(82)83)71-53(85)36(10)68-58(90)45-22-18-24-78(45)62(94)44(28-46(66)80)74-55(87)40(25-31(2)3)70-52(84)35(9)67-47(81)30-65/h13-15,19-20,31-37,39-45,49-51,79H,12,16-18,21-30,64-65H2,1-11H3,(H2,66,80)(H,67,81)(H,68,90)(H,69,88)(H,70,84)(H,71,85)(H,72,86)(H,73,91)(H,74,87)(H,75,93)(H,76,89)(H,77,92)(H,82,83)(H,95,96)/t34-,35-,36-,37+,39-,40-,41-,42-,43-,44-,45-,49-,50-,51-/m0/s1. The number of nitrogens with two attached hydrogens (primary N) is 3. The van der Waals surface area contributed by atoms with Crippen molar-refractivity contribution >= 4 is 88.7 Å². The first-order valence-electron chi connectivity index (χ1n) is 32.4. The van der Waals surface area contributed by atoms with Gasteiger partial charge in [0.25, 0.3) is 0 Å². The molecule has 33 heteroatoms. The van der Waals surface area contributed by atoms with Crippen molar-refractivity contribution in [2.45, 2.75) is 225 Å². The summed E-state index contributed by atoms with van der Waals surface area (Å²) in [4.78, 5) is 203. The van der Waals surface area contributed by atoms with Crippen LogP contribution >= 0.6 is 0 Å². The average molecular weight is 1360 g/mol. The highest BCUT2D eigenvalue weighted by Crippen LogP contribution is 2.21. The van der Waals surface area contributed by atoms with Crippen LogP contribution in [0.5, 0.6) is 0 Å². The number of likely N-dealkylation sites (tertiary alicyclic amines) is 1. The Balaban J connectivity index is 2.33. The number of primary amides is 1. The topological polar surface area (TPSA) is 530 Å². The maximum absolute atomic E-state index is 14.2. The van der Waals surface area contributed by atoms with E-state index in [0.29, 0.717) is 24.9 Å². The third kappa shape index (κ3) is 28.2. The molecule has 0 aromatic heterocycles. The Morgan fingerprint density at radius 2 is 1.00 bits per heavy atom. The van der Waals surface area contributed by atoms with E-state index in [0.717, 1.165) is 11.8 Å². The molecule has 1 aromatic rings. The lowest BCUT2D eigenvalue weighted by atomic mass is 9.96. The molecule has 96 heavy (non-hydrogen) atoms. The Morgan fingerprint density at radius 1 is 0.531 bits per heavy atom. The van der Waals surface area contributed by atoms with Gasteiger partial charge in [0.2, 0.25) is 76.8 Å². The third-order valence-corrected chi connectivity index (χ3v) is 15.8. The molecule has 1 fully saturated rings. The van der Waals surface area contributed by atoms with Gasteiger partial charge in [0.15, 0.2) is 0 Å². The number of carbonyl (C=O) groups excluding carboxylic acids is 13. The van der Waals surface area contributed by atoms with E-state index in [2.05, 4.69) is 58.5 Å². The van der Waals surface area contributed by atoms with Crippen LogP contribution < -0.4 is 75.7 Å². The fourth-order valence-electron chi connectivity index (χ4n) is 10.3. The van der Waals surface area contributed by atoms with Crippen molar-refractivity contribution in [1.82, 2.24) is 63.4 Å². The summed E-state index contributed by atoms with van der Waals surface area (Å²) in [5.74, 6) is -16.8. The molecule has 33 nitrogen and oxygen atoms in total. The van der Waals surface area contributed by atoms with Crippen LogP contribution in [0.2, 0.25) is 0 Å². The summed E-state index contributed by atoms with van der Waals surface area (Å²) < 4.78 is 0. The Morgan fingerprint density at radius 3 is 1.50 bits per heavy atom. The SMILES string of the molecule is CC[C@H](C)[C@H](NC(=O)[C@H](CC(=O)O)NC(=O)[C@H](C)NC(=O)[C@@H]1CCCN1C(=O)[C@H](CC(N)=O)NC(=O)[C@H](CC(C)C)NC(=O)[C@H](C)NC(=O)CN)C(=O)N[C@H](C(=O)N[C@H](C(=O)N[C@@H](CC(C)C)C(=O)N[C@@H](Cc1ccccc1)C(=O)N[C@@H](CCCCN)C(=O)O)C(C)C)[C@@H](C)O. The molecule has 0 spiro atoms. The molecule has 2 rings (SSSR count). The molecule has 20 N–H and O–H groups in total. The number of nitrogens with zero attached hydrogens (tertiary/aromatic N) is 1. The first-order valence-corrected chi connectivity index (χ1v) is 32.4. The summed E-state index contributed by atoms with van der Waals surface area (Å²) in [6.45, 7) is 16.9. The van der Waals surface area contributed by atoms with Crippen molar-refractivity contribution in [2.24, 2.45) is 40.9 Å². The van der Waals surface area contributed by atoms with Gasteiger partial charge >= 0.3 is 11.9 Å². The number of aliphatic hydroxyl groups excluding tert-OH is 1. The van der Waals surface area contributed by atoms with Gasteiger partial charge in [-0.05, 0) is 101 Å². The van der Waals surface area contributed by atoms with Gasteiger partial charge in [-0.25, -0.2) is 4.79 Å². The van der Waals surface area contributed by atoms with E-state index in [1.807, 2.05) is 0 Å². The van der Waals surface area contributed by atoms with Gasteiger partial charge in [0.05, 0.1) is 25.5 Å². The predicted molar refractivity (Wildman–Crippen MR) is 348 cm³/mol. The second-order valence-electron chi connectivity index (χ2n) is 25.4. The lowest BCUT2D eigenvalue weighted by Gasteiger charge is -2.31. The van der Waals surface area contributed by atoms with Crippen molar-refractivity contribution in [3.05, 3.63) is 35.9 Å². The molecule has 0 saturated carbocycles. The van der Waals surface area contributed by atoms with Crippen LogP contribution in [0.3, 0.4) is 0 Å². The van der Waals surface area contributed by atoms with Crippen LogP contribution in [0.15, 0.2) is 30.3 Å². The number of aliphatic hydroxyl groups is 1. The first kappa shape index (κ1) is 83.2. The molecule has 1 heterocycles. The van der Waals surface area contributed by atoms with Crippen LogP contribution in [0.1, 0.15) is 146 Å². The quantitative estimate of drug-likeness (QED) is 0.0280. The van der Waals surface area contributed by atoms with E-state index < -0.39 is 199 Å². The summed E-state index contributed by atoms with van der Waals surface area (Å²) in [5, 5.41) is 58.0. The second-order valence-corrected chi connectivity index (χ2v) is 25.4. The van der Waals surface area contributed by atoms with E-state index in [1.165, 1.54) is 20.8 Å². The summed E-state index contributed by atoms with van der Waals surface area (Å²) in [5.41, 5.74) is 17.0. The molecule has 1 aromatic carbocycles. The van der Waals surface area contributed by atoms with Crippen LogP contribution in [0.25, 0.3) is 0 Å². The second kappa shape index (κ2) is 41.2. The Hall–Kier alpha value is -8.85. The third-order valence-electron chi connectivity index (χ3n) is 15.8. The van der Waals surface area contributed by atoms with Crippen LogP contribution in [0.4, 0.5) is 0 Å². The molecule has 0 aliphatic carbocycles. The summed E-state index contributed by atoms with van der Waals surface area (Å²) in [6, 6.07) is -8.92. The van der Waals surface area contributed by atoms with Crippen molar-refractivity contribution in [2.75, 3.05) is 19.6 Å². The zero-order valence-corrected chi connectivity index (χ0v) is 56.7. The Labute approximate surface area is 559 Å². The number of rotatable bonds is 42. The number of amides is 13. The van der Waals surface area contributed by atoms with Crippen molar-refractivity contribution < 1.29 is 87.2 Å². The van der Waals surface area contributed by atoms with Gasteiger partial charge in [0, 0.05) is 13.0 Å². The molecular weight excluding hydrogens is 1250 g/mol. The number of carboxylic acid groups (broad SMARTS) is 2. The van der Waals surface area contributed by atoms with Gasteiger partial charge in [0.1, 0.15) is 72.5 Å². The van der Waals surface area contributed by atoms with E-state index in [4.69, 9.17) is 17.2 Å². The maximum Gasteiger partial charge on any atom is 0.326 e. The normalized spacial score (nSPS) is 16.9. The summed E-state index contributed by atoms with van der Waals surface area (Å²) >= 11 is 0. The van der Waals surface area contributed by atoms with E-state index in [-0.39, 0.29) is 63.3 Å². The molecule has 0 radical (unpaired) electrons. The number of carboxylic acids is 2. The minimum Gasteiger partial charge on any atom is -0.481 e. The minimum absolute atomic E-state index is 0.0264. The largest absolute Gasteiger partial charge is 0.481 e. The highest BCUT2D eigenvalue weighted by atomic mass is 16.4. The van der Waals surface area contributed by atoms with Crippen molar-refractivity contribution in [3.8, 4) is 0 Å². The predicted octanol–water partition coefficient (Wildman–Crippen LogP) is -3.71. The lowest BCUT2D eigenvalue weighted by molar-refractivity contribution is -0.144. The number of nitrogens with one attached hydrogen (secondary N) is 11. The monoisotopic (exact) mass is 1360 g/mol. The molecule has 1 aliphatic heterocycles. The zero-order chi connectivity index (χ0) is 72.8. The van der Waals surface area contributed by atoms with Gasteiger partial charge in [-0.2, -0.15) is 0 Å². The highest BCUT2D eigenvalue weighted by Gasteiger charge is 2.42. The minimum atomic E-state index is -1.91. The maximum atomic E-state index is 14.2. The van der Waals surface area contributed by atoms with E-state index >= 15 is 0 Å². The molecule has 0 unspecified atom stereocenters. The van der Waals surface area contributed by atoms with Gasteiger partial charge in [-0.1, -0.05) is 92.1 Å². The Kier molecular flexibility index (Phi) is 35.7. The number of hydrogen-bond acceptors (Lipinski definition) is 18. The molecule has 538 valence electrons. The zero-order valence-electron chi connectivity index (χ0n) is 56.7. The molecular formula is C63H103N15O18. The molecule has 1 saturated heterocycles. The van der Waals surface area contributed by atoms with Crippen molar-refractivity contribution in [3.63, 3.8) is 0 Å². The first-order chi connectivity index (χ1) is 45.0. The van der Waals surface area contributed by atoms with E-state index in [9.17, 15) is 87.2 Å². The molecule has 1 aliphatic rings. The van der Waals surface area contributed by atoms with Crippen LogP contribution in [-0.4, -0.2) is 207 Å². The highest BCUT2D eigenvalue weighted by molar-refractivity contribution is 6.01. The number of hydrogen-bond donors (Lipinski definition) is 17. The Bertz CT molecular complexity index is 2860. The average Bonchev–Trinajstić information content (AvgIpc) is 1.68. The fourth-order valence-corrected chi connectivity index (χ4v) is 10.3. The van der Waals surface area contributed by atoms with E-state index in [1.54, 1.807) is 78.8 Å². The number of unbranched alkanes of at least 4 members (excludes halogenated alkanes) is 1. The van der Waals surface area contributed by atoms with Gasteiger partial charge in [-0.15, -0.1) is 0 Å². The molecule has 14 atom stereocenters. The van der Waals surface area contributed by atoms with Crippen molar-refractivity contribution in [1.29, 1.82) is 0 Å². The van der Waals surface area contributed by atoms with Gasteiger partial charge in [-0.3, -0.25) is 67.1 Å². The van der Waals surface area contributed by atoms with Gasteiger partial charge < -0.3 is 95.9 Å². The summed E-state index contributed by atoms with van der Waals surface area (Å²) in [6.07, 6.45) is -2.00. The number of benzene rings is 1. The van der Waals surface area contributed by atoms with Crippen LogP contribution in [0, 0.1) is 23.7 Å². The lowest BCUT2D eigenvalue weighted by Crippen LogP contribution is -2.63. The smallest absolute Gasteiger partial charge is 0.326 e. The fraction of sp³-hybridized carbons (Fsp3) is 0.667. The molecule has 13 amide bonds. The summed E-state index contributed by atoms with van der Waals surface area (Å²) in [7, 11) is 0.